The van der Waals surface area contributed by atoms with Gasteiger partial charge < -0.3 is 14.8 Å². The van der Waals surface area contributed by atoms with Crippen LogP contribution in [0.15, 0.2) is 79.3 Å². The van der Waals surface area contributed by atoms with E-state index in [1.54, 1.807) is 6.33 Å². The van der Waals surface area contributed by atoms with E-state index in [9.17, 15) is 4.79 Å². The molecule has 0 radical (unpaired) electrons. The molecule has 1 aromatic heterocycles. The monoisotopic (exact) mass is 456 g/mol. The van der Waals surface area contributed by atoms with Crippen molar-refractivity contribution in [2.24, 2.45) is 0 Å². The van der Waals surface area contributed by atoms with E-state index in [1.807, 2.05) is 42.2 Å². The molecule has 1 atom stereocenters. The van der Waals surface area contributed by atoms with Crippen molar-refractivity contribution in [2.45, 2.75) is 25.6 Å². The summed E-state index contributed by atoms with van der Waals surface area (Å²) in [5, 5.41) is 2.11. The Bertz CT molecular complexity index is 1230. The van der Waals surface area contributed by atoms with Crippen molar-refractivity contribution < 1.29 is 4.79 Å². The first-order valence-electron chi connectivity index (χ1n) is 11.3. The van der Waals surface area contributed by atoms with Gasteiger partial charge >= 0.3 is 0 Å². The van der Waals surface area contributed by atoms with Crippen LogP contribution in [0.3, 0.4) is 0 Å². The highest BCUT2D eigenvalue weighted by molar-refractivity contribution is 7.98. The van der Waals surface area contributed by atoms with E-state index in [4.69, 9.17) is 0 Å². The quantitative estimate of drug-likeness (QED) is 0.425. The summed E-state index contributed by atoms with van der Waals surface area (Å²) in [6, 6.07) is 22.8. The van der Waals surface area contributed by atoms with Gasteiger partial charge in [0.05, 0.1) is 24.6 Å². The van der Waals surface area contributed by atoms with Gasteiger partial charge in [0.2, 0.25) is 0 Å². The number of hydrogen-bond acceptors (Lipinski definition) is 4. The maximum absolute atomic E-state index is 14.1. The Morgan fingerprint density at radius 2 is 1.91 bits per heavy atom. The number of aromatic amines is 1. The van der Waals surface area contributed by atoms with Crippen LogP contribution in [0, 0.1) is 0 Å². The lowest BCUT2D eigenvalue weighted by molar-refractivity contribution is 0.0670. The van der Waals surface area contributed by atoms with E-state index in [0.29, 0.717) is 6.54 Å². The van der Waals surface area contributed by atoms with Crippen LogP contribution in [0.4, 0.5) is 5.69 Å². The fourth-order valence-corrected chi connectivity index (χ4v) is 5.26. The molecule has 3 aromatic carbocycles. The molecule has 1 aliphatic rings. The van der Waals surface area contributed by atoms with Crippen molar-refractivity contribution in [1.82, 2.24) is 14.9 Å². The molecule has 1 N–H and O–H groups in total. The van der Waals surface area contributed by atoms with Crippen LogP contribution in [-0.4, -0.2) is 45.4 Å². The maximum atomic E-state index is 14.1. The van der Waals surface area contributed by atoms with Gasteiger partial charge in [0.25, 0.3) is 5.91 Å². The second-order valence-electron chi connectivity index (χ2n) is 8.48. The van der Waals surface area contributed by atoms with Gasteiger partial charge in [-0.2, -0.15) is 11.8 Å². The standard InChI is InChI=1S/C27H28N4OS/c1-33-14-13-23-18-30(17-22-15-28-19-29-22)26-12-5-3-8-21(26)16-31(23)27(32)25-11-6-9-20-7-2-4-10-24(20)25/h2-12,15,19,23H,13-14,16-18H2,1H3,(H,28,29)/t23-/m1/s1. The van der Waals surface area contributed by atoms with E-state index in [-0.39, 0.29) is 11.9 Å². The average molecular weight is 457 g/mol. The van der Waals surface area contributed by atoms with E-state index in [0.717, 1.165) is 47.3 Å². The molecule has 33 heavy (non-hydrogen) atoms. The number of para-hydroxylation sites is 1. The lowest BCUT2D eigenvalue weighted by Gasteiger charge is -2.33. The zero-order valence-corrected chi connectivity index (χ0v) is 19.6. The van der Waals surface area contributed by atoms with Crippen LogP contribution in [0.1, 0.15) is 28.0 Å². The van der Waals surface area contributed by atoms with Crippen molar-refractivity contribution in [3.05, 3.63) is 96.1 Å². The van der Waals surface area contributed by atoms with Gasteiger partial charge in [-0.3, -0.25) is 4.79 Å². The van der Waals surface area contributed by atoms with Gasteiger partial charge in [0, 0.05) is 30.5 Å². The maximum Gasteiger partial charge on any atom is 0.255 e. The molecular weight excluding hydrogens is 428 g/mol. The molecule has 0 bridgehead atoms. The molecule has 1 amide bonds. The van der Waals surface area contributed by atoms with Crippen LogP contribution in [0.25, 0.3) is 10.8 Å². The topological polar surface area (TPSA) is 52.2 Å². The van der Waals surface area contributed by atoms with Crippen molar-refractivity contribution in [3.8, 4) is 0 Å². The fourth-order valence-electron chi connectivity index (χ4n) is 4.75. The van der Waals surface area contributed by atoms with Crippen molar-refractivity contribution >= 4 is 34.1 Å². The number of benzene rings is 3. The smallest absolute Gasteiger partial charge is 0.255 e. The molecule has 0 unspecified atom stereocenters. The van der Waals surface area contributed by atoms with Crippen molar-refractivity contribution in [2.75, 3.05) is 23.5 Å². The third-order valence-electron chi connectivity index (χ3n) is 6.40. The van der Waals surface area contributed by atoms with Crippen LogP contribution in [0.2, 0.25) is 0 Å². The molecule has 0 spiro atoms. The van der Waals surface area contributed by atoms with Gasteiger partial charge in [-0.1, -0.05) is 54.6 Å². The molecule has 0 saturated heterocycles. The van der Waals surface area contributed by atoms with E-state index >= 15 is 0 Å². The molecule has 0 aliphatic carbocycles. The predicted octanol–water partition coefficient (Wildman–Crippen LogP) is 5.35. The number of thioether (sulfide) groups is 1. The summed E-state index contributed by atoms with van der Waals surface area (Å²) < 4.78 is 0. The minimum absolute atomic E-state index is 0.107. The third kappa shape index (κ3) is 4.48. The van der Waals surface area contributed by atoms with Crippen LogP contribution in [0.5, 0.6) is 0 Å². The minimum atomic E-state index is 0.107. The number of anilines is 1. The number of fused-ring (bicyclic) bond motifs is 2. The highest BCUT2D eigenvalue weighted by Gasteiger charge is 2.32. The summed E-state index contributed by atoms with van der Waals surface area (Å²) >= 11 is 1.83. The largest absolute Gasteiger partial charge is 0.363 e. The highest BCUT2D eigenvalue weighted by Crippen LogP contribution is 2.31. The van der Waals surface area contributed by atoms with E-state index in [2.05, 4.69) is 68.5 Å². The number of rotatable bonds is 6. The lowest BCUT2D eigenvalue weighted by Crippen LogP contribution is -2.45. The van der Waals surface area contributed by atoms with E-state index < -0.39 is 0 Å². The van der Waals surface area contributed by atoms with Gasteiger partial charge in [-0.05, 0) is 46.9 Å². The Hall–Kier alpha value is -3.25. The first-order valence-corrected chi connectivity index (χ1v) is 12.7. The molecular formula is C27H28N4OS. The number of imidazole rings is 1. The van der Waals surface area contributed by atoms with Gasteiger partial charge in [-0.15, -0.1) is 0 Å². The molecule has 0 fully saturated rings. The minimum Gasteiger partial charge on any atom is -0.363 e. The SMILES string of the molecule is CSCC[C@@H]1CN(Cc2cnc[nH]2)c2ccccc2CN1C(=O)c1cccc2ccccc12. The van der Waals surface area contributed by atoms with Gasteiger partial charge in [0.15, 0.2) is 0 Å². The van der Waals surface area contributed by atoms with Crippen LogP contribution < -0.4 is 4.90 Å². The predicted molar refractivity (Wildman–Crippen MR) is 137 cm³/mol. The summed E-state index contributed by atoms with van der Waals surface area (Å²) in [6.45, 7) is 2.13. The van der Waals surface area contributed by atoms with Gasteiger partial charge in [-0.25, -0.2) is 4.98 Å². The average Bonchev–Trinajstić information content (AvgIpc) is 3.31. The van der Waals surface area contributed by atoms with Crippen LogP contribution in [-0.2, 0) is 13.1 Å². The zero-order chi connectivity index (χ0) is 22.6. The van der Waals surface area contributed by atoms with E-state index in [1.165, 1.54) is 11.3 Å². The summed E-state index contributed by atoms with van der Waals surface area (Å²) in [7, 11) is 0. The summed E-state index contributed by atoms with van der Waals surface area (Å²) in [4.78, 5) is 26.0. The van der Waals surface area contributed by atoms with Crippen LogP contribution >= 0.6 is 11.8 Å². The van der Waals surface area contributed by atoms with Crippen molar-refractivity contribution in [1.29, 1.82) is 0 Å². The molecule has 0 saturated carbocycles. The number of hydrogen-bond donors (Lipinski definition) is 1. The molecule has 6 heteroatoms. The normalized spacial score (nSPS) is 16.0. The summed E-state index contributed by atoms with van der Waals surface area (Å²) in [5.41, 5.74) is 4.22. The second-order valence-corrected chi connectivity index (χ2v) is 9.47. The Kier molecular flexibility index (Phi) is 6.35. The number of H-pyrrole nitrogens is 1. The Morgan fingerprint density at radius 1 is 1.09 bits per heavy atom. The van der Waals surface area contributed by atoms with Gasteiger partial charge in [0.1, 0.15) is 0 Å². The Balaban J connectivity index is 1.55. The number of nitrogens with one attached hydrogen (secondary N) is 1. The number of aromatic nitrogens is 2. The zero-order valence-electron chi connectivity index (χ0n) is 18.8. The molecule has 2 heterocycles. The number of nitrogens with zero attached hydrogens (tertiary/aromatic N) is 3. The summed E-state index contributed by atoms with van der Waals surface area (Å²) in [5.74, 6) is 1.12. The fraction of sp³-hybridized carbons (Fsp3) is 0.259. The third-order valence-corrected chi connectivity index (χ3v) is 7.04. The van der Waals surface area contributed by atoms with Crippen molar-refractivity contribution in [3.63, 3.8) is 0 Å². The second kappa shape index (κ2) is 9.71. The molecule has 5 rings (SSSR count). The molecule has 4 aromatic rings. The summed E-state index contributed by atoms with van der Waals surface area (Å²) in [6.07, 6.45) is 6.68. The number of carbonyl (C=O) groups excluding carboxylic acids is 1. The lowest BCUT2D eigenvalue weighted by atomic mass is 10.0. The molecule has 168 valence electrons. The Labute approximate surface area is 198 Å². The Morgan fingerprint density at radius 3 is 2.76 bits per heavy atom. The number of amides is 1. The molecule has 1 aliphatic heterocycles. The first-order chi connectivity index (χ1) is 16.2. The highest BCUT2D eigenvalue weighted by atomic mass is 32.2. The molecule has 5 nitrogen and oxygen atoms in total. The number of carbonyl (C=O) groups is 1. The first kappa shape index (κ1) is 21.6.